The number of rotatable bonds is 6. The van der Waals surface area contributed by atoms with Crippen molar-refractivity contribution in [3.8, 4) is 0 Å². The van der Waals surface area contributed by atoms with E-state index in [0.29, 0.717) is 19.6 Å². The van der Waals surface area contributed by atoms with E-state index in [4.69, 9.17) is 0 Å². The average molecular weight is 275 g/mol. The third-order valence-electron chi connectivity index (χ3n) is 2.77. The van der Waals surface area contributed by atoms with Gasteiger partial charge in [-0.25, -0.2) is 4.39 Å². The molecule has 0 atom stereocenters. The number of aromatic nitrogens is 1. The molecule has 1 aromatic heterocycles. The summed E-state index contributed by atoms with van der Waals surface area (Å²) in [7, 11) is 0. The van der Waals surface area contributed by atoms with E-state index in [9.17, 15) is 13.2 Å². The molecule has 1 aromatic rings. The number of anilines is 2. The number of hydrogen-bond acceptors (Lipinski definition) is 3. The smallest absolute Gasteiger partial charge is 0.253 e. The van der Waals surface area contributed by atoms with Crippen LogP contribution in [0.25, 0.3) is 0 Å². The summed E-state index contributed by atoms with van der Waals surface area (Å²) in [5.74, 6) is -3.37. The Bertz CT molecular complexity index is 432. The van der Waals surface area contributed by atoms with E-state index < -0.39 is 17.6 Å². The van der Waals surface area contributed by atoms with E-state index in [2.05, 4.69) is 10.3 Å². The van der Waals surface area contributed by atoms with Gasteiger partial charge in [-0.1, -0.05) is 13.8 Å². The summed E-state index contributed by atoms with van der Waals surface area (Å²) in [5.41, 5.74) is -0.358. The lowest BCUT2D eigenvalue weighted by Gasteiger charge is -2.23. The van der Waals surface area contributed by atoms with Gasteiger partial charge in [0.25, 0.3) is 5.95 Å². The van der Waals surface area contributed by atoms with Crippen LogP contribution in [0, 0.1) is 23.5 Å². The standard InChI is InChI=1S/C13H20F3N3/c1-5-19(6-2)11-9(14)12(16)18-13(10(11)15)17-7-8(3)4/h8H,5-7H2,1-4H3,(H,17,18). The van der Waals surface area contributed by atoms with Gasteiger partial charge in [0.05, 0.1) is 0 Å². The van der Waals surface area contributed by atoms with Crippen molar-refractivity contribution < 1.29 is 13.2 Å². The molecule has 0 unspecified atom stereocenters. The molecule has 0 amide bonds. The predicted octanol–water partition coefficient (Wildman–Crippen LogP) is 3.41. The molecule has 0 saturated carbocycles. The van der Waals surface area contributed by atoms with Gasteiger partial charge < -0.3 is 10.2 Å². The molecule has 0 saturated heterocycles. The van der Waals surface area contributed by atoms with Crippen molar-refractivity contribution in [3.05, 3.63) is 17.6 Å². The van der Waals surface area contributed by atoms with Crippen LogP contribution < -0.4 is 10.2 Å². The normalized spacial score (nSPS) is 10.9. The number of pyridine rings is 1. The van der Waals surface area contributed by atoms with Gasteiger partial charge in [-0.2, -0.15) is 13.8 Å². The fraction of sp³-hybridized carbons (Fsp3) is 0.615. The van der Waals surface area contributed by atoms with Crippen molar-refractivity contribution in [2.24, 2.45) is 5.92 Å². The maximum absolute atomic E-state index is 14.2. The van der Waals surface area contributed by atoms with Gasteiger partial charge in [-0.05, 0) is 19.8 Å². The lowest BCUT2D eigenvalue weighted by atomic mass is 10.2. The van der Waals surface area contributed by atoms with Crippen molar-refractivity contribution in [2.75, 3.05) is 29.9 Å². The summed E-state index contributed by atoms with van der Waals surface area (Å²) in [6.45, 7) is 8.57. The fourth-order valence-electron chi connectivity index (χ4n) is 1.74. The van der Waals surface area contributed by atoms with Crippen LogP contribution in [-0.4, -0.2) is 24.6 Å². The highest BCUT2D eigenvalue weighted by atomic mass is 19.2. The summed E-state index contributed by atoms with van der Waals surface area (Å²) in [5, 5.41) is 2.70. The number of nitrogens with zero attached hydrogens (tertiary/aromatic N) is 2. The summed E-state index contributed by atoms with van der Waals surface area (Å²) in [6.07, 6.45) is 0. The van der Waals surface area contributed by atoms with Crippen LogP contribution >= 0.6 is 0 Å². The lowest BCUT2D eigenvalue weighted by molar-refractivity contribution is 0.464. The van der Waals surface area contributed by atoms with Crippen LogP contribution in [0.2, 0.25) is 0 Å². The SMILES string of the molecule is CCN(CC)c1c(F)c(F)nc(NCC(C)C)c1F. The van der Waals surface area contributed by atoms with Crippen molar-refractivity contribution in [1.29, 1.82) is 0 Å². The maximum Gasteiger partial charge on any atom is 0.253 e. The minimum absolute atomic E-state index is 0.241. The fourth-order valence-corrected chi connectivity index (χ4v) is 1.74. The highest BCUT2D eigenvalue weighted by molar-refractivity contribution is 5.57. The third-order valence-corrected chi connectivity index (χ3v) is 2.77. The van der Waals surface area contributed by atoms with E-state index in [1.807, 2.05) is 13.8 Å². The van der Waals surface area contributed by atoms with E-state index in [1.54, 1.807) is 13.8 Å². The van der Waals surface area contributed by atoms with Crippen LogP contribution in [0.3, 0.4) is 0 Å². The first kappa shape index (κ1) is 15.6. The second-order valence-corrected chi connectivity index (χ2v) is 4.67. The van der Waals surface area contributed by atoms with Gasteiger partial charge >= 0.3 is 0 Å². The molecule has 0 aromatic carbocycles. The number of hydrogen-bond donors (Lipinski definition) is 1. The highest BCUT2D eigenvalue weighted by Gasteiger charge is 2.23. The van der Waals surface area contributed by atoms with Gasteiger partial charge in [0.2, 0.25) is 5.82 Å². The Morgan fingerprint density at radius 3 is 2.16 bits per heavy atom. The molecule has 0 aliphatic heterocycles. The Hall–Kier alpha value is -1.46. The minimum atomic E-state index is -1.28. The summed E-state index contributed by atoms with van der Waals surface area (Å²) in [4.78, 5) is 4.73. The molecule has 3 nitrogen and oxygen atoms in total. The molecular formula is C13H20F3N3. The number of halogens is 3. The number of nitrogens with one attached hydrogen (secondary N) is 1. The van der Waals surface area contributed by atoms with Crippen molar-refractivity contribution >= 4 is 11.5 Å². The van der Waals surface area contributed by atoms with E-state index in [0.717, 1.165) is 0 Å². The van der Waals surface area contributed by atoms with Crippen molar-refractivity contribution in [2.45, 2.75) is 27.7 Å². The predicted molar refractivity (Wildman–Crippen MR) is 71.0 cm³/mol. The lowest BCUT2D eigenvalue weighted by Crippen LogP contribution is -2.26. The van der Waals surface area contributed by atoms with Crippen LogP contribution in [0.5, 0.6) is 0 Å². The molecule has 1 N–H and O–H groups in total. The average Bonchev–Trinajstić information content (AvgIpc) is 2.37. The molecule has 19 heavy (non-hydrogen) atoms. The molecule has 0 spiro atoms. The monoisotopic (exact) mass is 275 g/mol. The molecule has 108 valence electrons. The Morgan fingerprint density at radius 2 is 1.68 bits per heavy atom. The topological polar surface area (TPSA) is 28.2 Å². The zero-order valence-corrected chi connectivity index (χ0v) is 11.7. The second-order valence-electron chi connectivity index (χ2n) is 4.67. The Morgan fingerprint density at radius 1 is 1.11 bits per heavy atom. The highest BCUT2D eigenvalue weighted by Crippen LogP contribution is 2.29. The summed E-state index contributed by atoms with van der Waals surface area (Å²) >= 11 is 0. The molecule has 0 aliphatic rings. The van der Waals surface area contributed by atoms with E-state index in [1.165, 1.54) is 4.90 Å². The van der Waals surface area contributed by atoms with Gasteiger partial charge in [0, 0.05) is 19.6 Å². The molecule has 1 heterocycles. The van der Waals surface area contributed by atoms with Crippen LogP contribution in [0.15, 0.2) is 0 Å². The Balaban J connectivity index is 3.21. The van der Waals surface area contributed by atoms with Crippen molar-refractivity contribution in [3.63, 3.8) is 0 Å². The molecule has 0 aliphatic carbocycles. The molecule has 0 bridgehead atoms. The van der Waals surface area contributed by atoms with E-state index >= 15 is 0 Å². The van der Waals surface area contributed by atoms with Gasteiger partial charge in [-0.15, -0.1) is 0 Å². The van der Waals surface area contributed by atoms with Crippen LogP contribution in [0.1, 0.15) is 27.7 Å². The quantitative estimate of drug-likeness (QED) is 0.806. The van der Waals surface area contributed by atoms with Crippen LogP contribution in [0.4, 0.5) is 24.7 Å². The zero-order chi connectivity index (χ0) is 14.6. The zero-order valence-electron chi connectivity index (χ0n) is 11.7. The first-order chi connectivity index (χ1) is 8.92. The molecule has 0 radical (unpaired) electrons. The molecular weight excluding hydrogens is 255 g/mol. The molecule has 6 heteroatoms. The van der Waals surface area contributed by atoms with Gasteiger partial charge in [0.1, 0.15) is 5.69 Å². The van der Waals surface area contributed by atoms with Gasteiger partial charge in [0.15, 0.2) is 11.6 Å². The Labute approximate surface area is 111 Å². The van der Waals surface area contributed by atoms with Crippen LogP contribution in [-0.2, 0) is 0 Å². The summed E-state index contributed by atoms with van der Waals surface area (Å²) in [6, 6.07) is 0. The third kappa shape index (κ3) is 3.52. The first-order valence-corrected chi connectivity index (χ1v) is 6.45. The molecule has 1 rings (SSSR count). The summed E-state index contributed by atoms with van der Waals surface area (Å²) < 4.78 is 41.4. The maximum atomic E-state index is 14.2. The molecule has 0 fully saturated rings. The Kier molecular flexibility index (Phi) is 5.44. The van der Waals surface area contributed by atoms with Gasteiger partial charge in [-0.3, -0.25) is 0 Å². The largest absolute Gasteiger partial charge is 0.367 e. The minimum Gasteiger partial charge on any atom is -0.367 e. The van der Waals surface area contributed by atoms with E-state index in [-0.39, 0.29) is 17.4 Å². The first-order valence-electron chi connectivity index (χ1n) is 6.45. The second kappa shape index (κ2) is 6.63. The van der Waals surface area contributed by atoms with Crippen molar-refractivity contribution in [1.82, 2.24) is 4.98 Å².